The van der Waals surface area contributed by atoms with Crippen LogP contribution < -0.4 is 10.6 Å². The van der Waals surface area contributed by atoms with E-state index in [1.165, 1.54) is 0 Å². The van der Waals surface area contributed by atoms with E-state index in [9.17, 15) is 4.79 Å². The van der Waals surface area contributed by atoms with E-state index in [0.29, 0.717) is 6.54 Å². The van der Waals surface area contributed by atoms with Gasteiger partial charge in [0.15, 0.2) is 0 Å². The Kier molecular flexibility index (Phi) is 4.31. The zero-order chi connectivity index (χ0) is 12.8. The molecule has 1 aliphatic heterocycles. The lowest BCUT2D eigenvalue weighted by Crippen LogP contribution is -2.50. The van der Waals surface area contributed by atoms with Gasteiger partial charge in [-0.1, -0.05) is 13.0 Å². The Morgan fingerprint density at radius 3 is 3.11 bits per heavy atom. The topological polar surface area (TPSA) is 54.0 Å². The largest absolute Gasteiger partial charge is 0.351 e. The van der Waals surface area contributed by atoms with E-state index in [2.05, 4.69) is 22.5 Å². The third-order valence-corrected chi connectivity index (χ3v) is 3.81. The molecule has 4 heteroatoms. The Bertz CT molecular complexity index is 385. The van der Waals surface area contributed by atoms with Crippen LogP contribution in [0.25, 0.3) is 0 Å². The van der Waals surface area contributed by atoms with Gasteiger partial charge in [-0.15, -0.1) is 0 Å². The van der Waals surface area contributed by atoms with Crippen molar-refractivity contribution >= 4 is 5.91 Å². The number of amides is 1. The minimum absolute atomic E-state index is 0.168. The van der Waals surface area contributed by atoms with Crippen molar-refractivity contribution in [2.75, 3.05) is 13.1 Å². The molecule has 18 heavy (non-hydrogen) atoms. The first-order chi connectivity index (χ1) is 8.77. The quantitative estimate of drug-likeness (QED) is 0.847. The second-order valence-corrected chi connectivity index (χ2v) is 4.96. The maximum atomic E-state index is 12.4. The molecule has 98 valence electrons. The van der Waals surface area contributed by atoms with Crippen LogP contribution >= 0.6 is 0 Å². The summed E-state index contributed by atoms with van der Waals surface area (Å²) >= 11 is 0. The van der Waals surface area contributed by atoms with Crippen LogP contribution in [-0.4, -0.2) is 24.0 Å². The summed E-state index contributed by atoms with van der Waals surface area (Å²) in [7, 11) is 0. The van der Waals surface area contributed by atoms with Crippen LogP contribution in [0.3, 0.4) is 0 Å². The monoisotopic (exact) mass is 247 g/mol. The molecule has 1 aromatic rings. The number of nitrogens with zero attached hydrogens (tertiary/aromatic N) is 1. The number of hydrogen-bond donors (Lipinski definition) is 2. The van der Waals surface area contributed by atoms with Crippen LogP contribution in [0.1, 0.15) is 31.7 Å². The van der Waals surface area contributed by atoms with Crippen LogP contribution in [-0.2, 0) is 11.3 Å². The lowest BCUT2D eigenvalue weighted by atomic mass is 9.77. The summed E-state index contributed by atoms with van der Waals surface area (Å²) in [5.74, 6) is 0.168. The number of piperidine rings is 1. The fourth-order valence-electron chi connectivity index (χ4n) is 2.50. The van der Waals surface area contributed by atoms with Crippen molar-refractivity contribution in [3.8, 4) is 0 Å². The molecular formula is C14H21N3O. The van der Waals surface area contributed by atoms with Crippen molar-refractivity contribution in [2.24, 2.45) is 5.41 Å². The summed E-state index contributed by atoms with van der Waals surface area (Å²) < 4.78 is 0. The van der Waals surface area contributed by atoms with Gasteiger partial charge in [-0.3, -0.25) is 9.78 Å². The average Bonchev–Trinajstić information content (AvgIpc) is 2.46. The van der Waals surface area contributed by atoms with Crippen molar-refractivity contribution in [1.29, 1.82) is 0 Å². The predicted octanol–water partition coefficient (Wildman–Crippen LogP) is 1.48. The number of carbonyl (C=O) groups is 1. The Morgan fingerprint density at radius 1 is 1.61 bits per heavy atom. The van der Waals surface area contributed by atoms with Gasteiger partial charge in [0.05, 0.1) is 5.41 Å². The molecule has 1 amide bonds. The predicted molar refractivity (Wildman–Crippen MR) is 70.9 cm³/mol. The van der Waals surface area contributed by atoms with Crippen molar-refractivity contribution in [1.82, 2.24) is 15.6 Å². The molecule has 0 saturated carbocycles. The number of aromatic nitrogens is 1. The number of pyridine rings is 1. The highest BCUT2D eigenvalue weighted by atomic mass is 16.2. The molecule has 1 saturated heterocycles. The normalized spacial score (nSPS) is 23.6. The standard InChI is InChI=1S/C14H21N3O/c1-2-14(6-4-8-16-11-14)13(18)17-10-12-5-3-7-15-9-12/h3,5,7,9,16H,2,4,6,8,10-11H2,1H3,(H,17,18). The van der Waals surface area contributed by atoms with Gasteiger partial charge in [-0.25, -0.2) is 0 Å². The molecule has 4 nitrogen and oxygen atoms in total. The minimum Gasteiger partial charge on any atom is -0.351 e. The van der Waals surface area contributed by atoms with E-state index in [0.717, 1.165) is 37.9 Å². The van der Waals surface area contributed by atoms with Gasteiger partial charge < -0.3 is 10.6 Å². The lowest BCUT2D eigenvalue weighted by molar-refractivity contribution is -0.132. The van der Waals surface area contributed by atoms with Gasteiger partial charge in [0.1, 0.15) is 0 Å². The summed E-state index contributed by atoms with van der Waals surface area (Å²) in [6.45, 7) is 4.48. The number of nitrogens with one attached hydrogen (secondary N) is 2. The Labute approximate surface area is 108 Å². The summed E-state index contributed by atoms with van der Waals surface area (Å²) in [6.07, 6.45) is 6.48. The van der Waals surface area contributed by atoms with Crippen molar-refractivity contribution in [3.05, 3.63) is 30.1 Å². The molecule has 2 heterocycles. The zero-order valence-electron chi connectivity index (χ0n) is 10.9. The molecule has 0 aromatic carbocycles. The smallest absolute Gasteiger partial charge is 0.227 e. The van der Waals surface area contributed by atoms with E-state index < -0.39 is 0 Å². The Hall–Kier alpha value is -1.42. The summed E-state index contributed by atoms with van der Waals surface area (Å²) in [5, 5.41) is 6.37. The van der Waals surface area contributed by atoms with Crippen molar-refractivity contribution in [3.63, 3.8) is 0 Å². The summed E-state index contributed by atoms with van der Waals surface area (Å²) in [6, 6.07) is 3.87. The van der Waals surface area contributed by atoms with Crippen LogP contribution in [0.4, 0.5) is 0 Å². The molecule has 0 radical (unpaired) electrons. The van der Waals surface area contributed by atoms with Gasteiger partial charge in [0, 0.05) is 25.5 Å². The molecule has 0 spiro atoms. The fraction of sp³-hybridized carbons (Fsp3) is 0.571. The highest BCUT2D eigenvalue weighted by molar-refractivity contribution is 5.83. The third kappa shape index (κ3) is 2.88. The first-order valence-corrected chi connectivity index (χ1v) is 6.65. The molecule has 1 aliphatic rings. The van der Waals surface area contributed by atoms with Gasteiger partial charge in [-0.2, -0.15) is 0 Å². The minimum atomic E-state index is -0.222. The SMILES string of the molecule is CCC1(C(=O)NCc2cccnc2)CCCNC1. The maximum absolute atomic E-state index is 12.4. The first kappa shape index (κ1) is 13.0. The number of hydrogen-bond acceptors (Lipinski definition) is 3. The second kappa shape index (κ2) is 5.96. The highest BCUT2D eigenvalue weighted by Gasteiger charge is 2.37. The average molecular weight is 247 g/mol. The maximum Gasteiger partial charge on any atom is 0.227 e. The number of carbonyl (C=O) groups excluding carboxylic acids is 1. The van der Waals surface area contributed by atoms with Gasteiger partial charge >= 0.3 is 0 Å². The summed E-state index contributed by atoms with van der Waals surface area (Å²) in [4.78, 5) is 16.4. The molecule has 1 aromatic heterocycles. The first-order valence-electron chi connectivity index (χ1n) is 6.65. The van der Waals surface area contributed by atoms with Crippen LogP contribution in [0.15, 0.2) is 24.5 Å². The summed E-state index contributed by atoms with van der Waals surface area (Å²) in [5.41, 5.74) is 0.821. The molecule has 2 rings (SSSR count). The van der Waals surface area contributed by atoms with Crippen LogP contribution in [0, 0.1) is 5.41 Å². The Morgan fingerprint density at radius 2 is 2.50 bits per heavy atom. The van der Waals surface area contributed by atoms with Crippen molar-refractivity contribution < 1.29 is 4.79 Å². The molecule has 1 unspecified atom stereocenters. The van der Waals surface area contributed by atoms with E-state index in [-0.39, 0.29) is 11.3 Å². The lowest BCUT2D eigenvalue weighted by Gasteiger charge is -2.35. The van der Waals surface area contributed by atoms with E-state index in [1.54, 1.807) is 12.4 Å². The van der Waals surface area contributed by atoms with E-state index >= 15 is 0 Å². The van der Waals surface area contributed by atoms with Crippen LogP contribution in [0.5, 0.6) is 0 Å². The fourth-order valence-corrected chi connectivity index (χ4v) is 2.50. The molecule has 1 atom stereocenters. The van der Waals surface area contributed by atoms with Gasteiger partial charge in [-0.05, 0) is 37.4 Å². The van der Waals surface area contributed by atoms with E-state index in [4.69, 9.17) is 0 Å². The number of rotatable bonds is 4. The molecule has 0 aliphatic carbocycles. The highest BCUT2D eigenvalue weighted by Crippen LogP contribution is 2.30. The Balaban J connectivity index is 1.94. The van der Waals surface area contributed by atoms with Gasteiger partial charge in [0.25, 0.3) is 0 Å². The van der Waals surface area contributed by atoms with Crippen LogP contribution in [0.2, 0.25) is 0 Å². The molecular weight excluding hydrogens is 226 g/mol. The zero-order valence-corrected chi connectivity index (χ0v) is 10.9. The molecule has 0 bridgehead atoms. The second-order valence-electron chi connectivity index (χ2n) is 4.96. The van der Waals surface area contributed by atoms with Crippen molar-refractivity contribution in [2.45, 2.75) is 32.7 Å². The molecule has 2 N–H and O–H groups in total. The van der Waals surface area contributed by atoms with Gasteiger partial charge in [0.2, 0.25) is 5.91 Å². The molecule has 1 fully saturated rings. The third-order valence-electron chi connectivity index (χ3n) is 3.81. The van der Waals surface area contributed by atoms with E-state index in [1.807, 2.05) is 12.1 Å².